The number of piperidine rings is 1. The highest BCUT2D eigenvalue weighted by Gasteiger charge is 2.43. The maximum atomic E-state index is 10.9. The predicted octanol–water partition coefficient (Wildman–Crippen LogP) is 3.24. The Morgan fingerprint density at radius 2 is 1.84 bits per heavy atom. The van der Waals surface area contributed by atoms with Gasteiger partial charge in [-0.15, -0.1) is 0 Å². The fourth-order valence-corrected chi connectivity index (χ4v) is 4.93. The molecule has 3 aliphatic rings. The quantitative estimate of drug-likeness (QED) is 0.754. The number of aliphatic hydroxyl groups excluding tert-OH is 2. The Morgan fingerprint density at radius 1 is 1.06 bits per heavy atom. The Kier molecular flexibility index (Phi) is 5.88. The molecule has 3 heterocycles. The summed E-state index contributed by atoms with van der Waals surface area (Å²) in [7, 11) is 1.63. The minimum Gasteiger partial charge on any atom is -0.497 e. The summed E-state index contributed by atoms with van der Waals surface area (Å²) in [4.78, 5) is 2.26. The van der Waals surface area contributed by atoms with Crippen LogP contribution in [0.25, 0.3) is 0 Å². The van der Waals surface area contributed by atoms with Crippen molar-refractivity contribution in [3.8, 4) is 23.0 Å². The largest absolute Gasteiger partial charge is 0.497 e. The summed E-state index contributed by atoms with van der Waals surface area (Å²) in [5.74, 6) is 2.88. The molecular weight excluding hydrogens is 410 g/mol. The van der Waals surface area contributed by atoms with E-state index in [1.54, 1.807) is 7.11 Å². The maximum Gasteiger partial charge on any atom is 0.161 e. The first-order valence-electron chi connectivity index (χ1n) is 11.4. The third-order valence-corrected chi connectivity index (χ3v) is 6.83. The molecule has 0 bridgehead atoms. The molecule has 5 rings (SSSR count). The van der Waals surface area contributed by atoms with E-state index >= 15 is 0 Å². The molecule has 2 atom stereocenters. The van der Waals surface area contributed by atoms with Gasteiger partial charge in [0.1, 0.15) is 17.1 Å². The molecule has 172 valence electrons. The van der Waals surface area contributed by atoms with E-state index < -0.39 is 12.2 Å². The molecule has 0 aliphatic carbocycles. The summed E-state index contributed by atoms with van der Waals surface area (Å²) >= 11 is 0. The lowest BCUT2D eigenvalue weighted by Gasteiger charge is -2.46. The van der Waals surface area contributed by atoms with Crippen molar-refractivity contribution in [1.82, 2.24) is 4.90 Å². The van der Waals surface area contributed by atoms with Gasteiger partial charge in [-0.2, -0.15) is 0 Å². The van der Waals surface area contributed by atoms with Gasteiger partial charge in [0, 0.05) is 44.1 Å². The monoisotopic (exact) mass is 441 g/mol. The molecule has 2 aromatic rings. The molecule has 1 saturated heterocycles. The lowest BCUT2D eigenvalue weighted by atomic mass is 9.81. The summed E-state index contributed by atoms with van der Waals surface area (Å²) in [6.07, 6.45) is 1.90. The van der Waals surface area contributed by atoms with Crippen LogP contribution in [0.5, 0.6) is 23.0 Å². The smallest absolute Gasteiger partial charge is 0.161 e. The number of rotatable bonds is 4. The lowest BCUT2D eigenvalue weighted by Crippen LogP contribution is -2.51. The highest BCUT2D eigenvalue weighted by atomic mass is 16.5. The number of hydrogen-bond acceptors (Lipinski definition) is 7. The van der Waals surface area contributed by atoms with Crippen LogP contribution in [-0.4, -0.2) is 60.7 Å². The van der Waals surface area contributed by atoms with E-state index in [2.05, 4.69) is 4.90 Å². The Morgan fingerprint density at radius 3 is 2.62 bits per heavy atom. The summed E-state index contributed by atoms with van der Waals surface area (Å²) < 4.78 is 23.2. The van der Waals surface area contributed by atoms with E-state index in [1.807, 2.05) is 36.4 Å². The average Bonchev–Trinajstić information content (AvgIpc) is 3.05. The zero-order valence-electron chi connectivity index (χ0n) is 18.5. The molecule has 0 unspecified atom stereocenters. The number of hydrogen-bond donors (Lipinski definition) is 2. The molecule has 0 radical (unpaired) electrons. The van der Waals surface area contributed by atoms with Crippen molar-refractivity contribution in [2.45, 2.75) is 43.5 Å². The number of aliphatic hydroxyl groups is 2. The van der Waals surface area contributed by atoms with Crippen molar-refractivity contribution in [3.63, 3.8) is 0 Å². The van der Waals surface area contributed by atoms with Crippen LogP contribution in [0.1, 0.15) is 49.0 Å². The van der Waals surface area contributed by atoms with E-state index in [9.17, 15) is 10.2 Å². The normalized spacial score (nSPS) is 23.0. The summed E-state index contributed by atoms with van der Waals surface area (Å²) in [6.45, 7) is 3.42. The van der Waals surface area contributed by atoms with Crippen LogP contribution in [0, 0.1) is 0 Å². The van der Waals surface area contributed by atoms with Crippen molar-refractivity contribution in [2.75, 3.05) is 40.0 Å². The molecular formula is C25H31NO6. The van der Waals surface area contributed by atoms with Gasteiger partial charge >= 0.3 is 0 Å². The van der Waals surface area contributed by atoms with Crippen molar-refractivity contribution in [2.24, 2.45) is 0 Å². The molecule has 2 N–H and O–H groups in total. The minimum atomic E-state index is -0.607. The molecule has 1 fully saturated rings. The Balaban J connectivity index is 1.22. The second-order valence-corrected chi connectivity index (χ2v) is 8.98. The molecule has 32 heavy (non-hydrogen) atoms. The van der Waals surface area contributed by atoms with Crippen LogP contribution in [-0.2, 0) is 0 Å². The molecule has 0 aromatic heterocycles. The number of nitrogens with zero attached hydrogens (tertiary/aromatic N) is 1. The lowest BCUT2D eigenvalue weighted by molar-refractivity contribution is -0.0588. The SMILES string of the molecule is COc1ccc2c(c1)OC1(CCN(C[C@H](O)c3ccc4c(c3)OCCCO4)CC1)C[C@H]2O. The highest BCUT2D eigenvalue weighted by Crippen LogP contribution is 2.45. The van der Waals surface area contributed by atoms with Crippen molar-refractivity contribution >= 4 is 0 Å². The van der Waals surface area contributed by atoms with E-state index in [4.69, 9.17) is 18.9 Å². The van der Waals surface area contributed by atoms with Gasteiger partial charge in [0.15, 0.2) is 11.5 Å². The van der Waals surface area contributed by atoms with E-state index in [-0.39, 0.29) is 5.60 Å². The van der Waals surface area contributed by atoms with Gasteiger partial charge < -0.3 is 34.1 Å². The molecule has 7 heteroatoms. The average molecular weight is 442 g/mol. The molecule has 1 spiro atoms. The van der Waals surface area contributed by atoms with Crippen LogP contribution in [0.15, 0.2) is 36.4 Å². The van der Waals surface area contributed by atoms with Gasteiger partial charge in [-0.25, -0.2) is 0 Å². The third kappa shape index (κ3) is 4.25. The van der Waals surface area contributed by atoms with Gasteiger partial charge in [0.05, 0.1) is 32.5 Å². The van der Waals surface area contributed by atoms with Crippen LogP contribution >= 0.6 is 0 Å². The van der Waals surface area contributed by atoms with E-state index in [0.29, 0.717) is 37.7 Å². The van der Waals surface area contributed by atoms with E-state index in [1.165, 1.54) is 0 Å². The molecule has 7 nitrogen and oxygen atoms in total. The summed E-state index contributed by atoms with van der Waals surface area (Å²) in [6, 6.07) is 11.3. The zero-order valence-corrected chi connectivity index (χ0v) is 18.5. The van der Waals surface area contributed by atoms with Gasteiger partial charge in [-0.1, -0.05) is 6.07 Å². The van der Waals surface area contributed by atoms with Crippen molar-refractivity contribution in [1.29, 1.82) is 0 Å². The molecule has 0 saturated carbocycles. The zero-order chi connectivity index (χ0) is 22.1. The number of ether oxygens (including phenoxy) is 4. The Labute approximate surface area is 188 Å². The number of fused-ring (bicyclic) bond motifs is 2. The molecule has 3 aliphatic heterocycles. The fraction of sp³-hybridized carbons (Fsp3) is 0.520. The van der Waals surface area contributed by atoms with Crippen molar-refractivity contribution in [3.05, 3.63) is 47.5 Å². The van der Waals surface area contributed by atoms with E-state index in [0.717, 1.165) is 55.0 Å². The topological polar surface area (TPSA) is 80.6 Å². The molecule has 0 amide bonds. The summed E-state index contributed by atoms with van der Waals surface area (Å²) in [5.41, 5.74) is 1.28. The third-order valence-electron chi connectivity index (χ3n) is 6.83. The predicted molar refractivity (Wildman–Crippen MR) is 119 cm³/mol. The first-order chi connectivity index (χ1) is 15.5. The van der Waals surface area contributed by atoms with Crippen molar-refractivity contribution < 1.29 is 29.2 Å². The first-order valence-corrected chi connectivity index (χ1v) is 11.4. The van der Waals surface area contributed by atoms with Crippen LogP contribution in [0.3, 0.4) is 0 Å². The van der Waals surface area contributed by atoms with Crippen LogP contribution in [0.2, 0.25) is 0 Å². The number of methoxy groups -OCH3 is 1. The molecule has 2 aromatic carbocycles. The van der Waals surface area contributed by atoms with Gasteiger partial charge in [-0.3, -0.25) is 0 Å². The fourth-order valence-electron chi connectivity index (χ4n) is 4.93. The highest BCUT2D eigenvalue weighted by molar-refractivity contribution is 5.45. The number of β-amino-alcohol motifs (C(OH)–C–C–N with tert-alkyl or cyclic N) is 1. The van der Waals surface area contributed by atoms with Gasteiger partial charge in [0.2, 0.25) is 0 Å². The Bertz CT molecular complexity index is 955. The Hall–Kier alpha value is -2.48. The second-order valence-electron chi connectivity index (χ2n) is 8.98. The summed E-state index contributed by atoms with van der Waals surface area (Å²) in [5, 5.41) is 21.6. The second kappa shape index (κ2) is 8.81. The number of likely N-dealkylation sites (tertiary alicyclic amines) is 1. The minimum absolute atomic E-state index is 0.379. The van der Waals surface area contributed by atoms with Gasteiger partial charge in [-0.05, 0) is 42.7 Å². The maximum absolute atomic E-state index is 10.9. The standard InChI is InChI=1S/C25H31NO6/c1-29-18-4-5-19-20(27)15-25(32-23(19)14-18)7-9-26(10-8-25)16-21(28)17-3-6-22-24(13-17)31-12-2-11-30-22/h3-6,13-14,20-21,27-28H,2,7-12,15-16H2,1H3/t20-,21+/m1/s1. The number of benzene rings is 2. The van der Waals surface area contributed by atoms with Crippen LogP contribution in [0.4, 0.5) is 0 Å². The first kappa shape index (κ1) is 21.4. The van der Waals surface area contributed by atoms with Crippen LogP contribution < -0.4 is 18.9 Å². The van der Waals surface area contributed by atoms with Gasteiger partial charge in [0.25, 0.3) is 0 Å².